The number of carbonyl (C=O) groups excluding carboxylic acids is 2. The van der Waals surface area contributed by atoms with E-state index in [1.54, 1.807) is 36.4 Å². The Bertz CT molecular complexity index is 1410. The lowest BCUT2D eigenvalue weighted by Gasteiger charge is -2.26. The SMILES string of the molecule is O=C(CN(c1ccc2c(c1)OCCO2)S(=O)(=O)c1ccccc1)NCc1ccc(CN2CCCC2=O)cc1. The normalized spacial score (nSPS) is 14.8. The van der Waals surface area contributed by atoms with E-state index < -0.39 is 22.5 Å². The number of carbonyl (C=O) groups is 2. The van der Waals surface area contributed by atoms with E-state index >= 15 is 0 Å². The maximum absolute atomic E-state index is 13.6. The third kappa shape index (κ3) is 5.75. The fourth-order valence-electron chi connectivity index (χ4n) is 4.46. The van der Waals surface area contributed by atoms with Gasteiger partial charge >= 0.3 is 0 Å². The van der Waals surface area contributed by atoms with Crippen molar-refractivity contribution in [3.05, 3.63) is 83.9 Å². The van der Waals surface area contributed by atoms with Gasteiger partial charge in [0.1, 0.15) is 19.8 Å². The summed E-state index contributed by atoms with van der Waals surface area (Å²) in [5, 5.41) is 2.82. The Kier molecular flexibility index (Phi) is 7.50. The van der Waals surface area contributed by atoms with E-state index in [1.807, 2.05) is 29.2 Å². The summed E-state index contributed by atoms with van der Waals surface area (Å²) in [7, 11) is -4.04. The van der Waals surface area contributed by atoms with Crippen molar-refractivity contribution >= 4 is 27.5 Å². The van der Waals surface area contributed by atoms with E-state index in [9.17, 15) is 18.0 Å². The van der Waals surface area contributed by atoms with Crippen LogP contribution in [0.2, 0.25) is 0 Å². The van der Waals surface area contributed by atoms with Crippen LogP contribution in [-0.4, -0.2) is 51.4 Å². The van der Waals surface area contributed by atoms with Crippen molar-refractivity contribution in [3.63, 3.8) is 0 Å². The maximum Gasteiger partial charge on any atom is 0.264 e. The molecule has 1 saturated heterocycles. The van der Waals surface area contributed by atoms with Crippen molar-refractivity contribution < 1.29 is 27.5 Å². The first-order chi connectivity index (χ1) is 18.4. The molecule has 0 spiro atoms. The van der Waals surface area contributed by atoms with Crippen molar-refractivity contribution in [2.45, 2.75) is 30.8 Å². The van der Waals surface area contributed by atoms with Crippen LogP contribution < -0.4 is 19.1 Å². The van der Waals surface area contributed by atoms with E-state index in [0.717, 1.165) is 28.4 Å². The first kappa shape index (κ1) is 25.6. The number of amides is 2. The number of nitrogens with zero attached hydrogens (tertiary/aromatic N) is 2. The van der Waals surface area contributed by atoms with Crippen molar-refractivity contribution in [2.24, 2.45) is 0 Å². The summed E-state index contributed by atoms with van der Waals surface area (Å²) in [6, 6.07) is 20.5. The molecular weight excluding hydrogens is 506 g/mol. The number of likely N-dealkylation sites (tertiary alicyclic amines) is 1. The smallest absolute Gasteiger partial charge is 0.264 e. The van der Waals surface area contributed by atoms with Gasteiger partial charge in [0, 0.05) is 32.1 Å². The van der Waals surface area contributed by atoms with Crippen LogP contribution in [0.5, 0.6) is 11.5 Å². The van der Waals surface area contributed by atoms with E-state index in [2.05, 4.69) is 5.32 Å². The first-order valence-corrected chi connectivity index (χ1v) is 13.9. The predicted molar refractivity (Wildman–Crippen MR) is 141 cm³/mol. The van der Waals surface area contributed by atoms with E-state index in [0.29, 0.717) is 43.4 Å². The van der Waals surface area contributed by atoms with Crippen LogP contribution in [0.4, 0.5) is 5.69 Å². The highest BCUT2D eigenvalue weighted by molar-refractivity contribution is 7.92. The zero-order valence-electron chi connectivity index (χ0n) is 20.8. The van der Waals surface area contributed by atoms with E-state index in [-0.39, 0.29) is 17.3 Å². The van der Waals surface area contributed by atoms with Gasteiger partial charge in [-0.3, -0.25) is 13.9 Å². The lowest BCUT2D eigenvalue weighted by atomic mass is 10.1. The van der Waals surface area contributed by atoms with Gasteiger partial charge in [-0.15, -0.1) is 0 Å². The molecular formula is C28H29N3O6S. The summed E-state index contributed by atoms with van der Waals surface area (Å²) in [5.41, 5.74) is 2.19. The zero-order valence-corrected chi connectivity index (χ0v) is 21.7. The number of rotatable bonds is 9. The van der Waals surface area contributed by atoms with Gasteiger partial charge in [0.25, 0.3) is 10.0 Å². The van der Waals surface area contributed by atoms with Gasteiger partial charge in [-0.25, -0.2) is 8.42 Å². The highest BCUT2D eigenvalue weighted by Crippen LogP contribution is 2.35. The van der Waals surface area contributed by atoms with Crippen molar-refractivity contribution in [2.75, 3.05) is 30.6 Å². The third-order valence-electron chi connectivity index (χ3n) is 6.49. The topological polar surface area (TPSA) is 105 Å². The van der Waals surface area contributed by atoms with Crippen LogP contribution >= 0.6 is 0 Å². The summed E-state index contributed by atoms with van der Waals surface area (Å²) in [5.74, 6) is 0.678. The number of hydrogen-bond donors (Lipinski definition) is 1. The molecule has 0 bridgehead atoms. The maximum atomic E-state index is 13.6. The molecule has 2 aliphatic rings. The fraction of sp³-hybridized carbons (Fsp3) is 0.286. The molecule has 0 unspecified atom stereocenters. The van der Waals surface area contributed by atoms with Gasteiger partial charge in [0.15, 0.2) is 11.5 Å². The number of sulfonamides is 1. The molecule has 1 N–H and O–H groups in total. The minimum atomic E-state index is -4.04. The molecule has 0 aromatic heterocycles. The average Bonchev–Trinajstić information content (AvgIpc) is 3.35. The number of fused-ring (bicyclic) bond motifs is 1. The van der Waals surface area contributed by atoms with Crippen LogP contribution in [0.3, 0.4) is 0 Å². The van der Waals surface area contributed by atoms with Gasteiger partial charge in [0.05, 0.1) is 10.6 Å². The summed E-state index contributed by atoms with van der Waals surface area (Å²) < 4.78 is 39.4. The average molecular weight is 536 g/mol. The lowest BCUT2D eigenvalue weighted by molar-refractivity contribution is -0.128. The molecule has 2 aliphatic heterocycles. The molecule has 0 atom stereocenters. The Morgan fingerprint density at radius 3 is 2.34 bits per heavy atom. The van der Waals surface area contributed by atoms with Crippen LogP contribution in [0.25, 0.3) is 0 Å². The van der Waals surface area contributed by atoms with E-state index in [1.165, 1.54) is 12.1 Å². The molecule has 9 nitrogen and oxygen atoms in total. The zero-order chi connectivity index (χ0) is 26.5. The Morgan fingerprint density at radius 2 is 1.63 bits per heavy atom. The molecule has 198 valence electrons. The number of nitrogens with one attached hydrogen (secondary N) is 1. The van der Waals surface area contributed by atoms with Gasteiger partial charge < -0.3 is 19.7 Å². The quantitative estimate of drug-likeness (QED) is 0.452. The molecule has 0 aliphatic carbocycles. The number of benzene rings is 3. The number of hydrogen-bond acceptors (Lipinski definition) is 6. The lowest BCUT2D eigenvalue weighted by Crippen LogP contribution is -2.40. The van der Waals surface area contributed by atoms with Crippen molar-refractivity contribution in [1.82, 2.24) is 10.2 Å². The molecule has 5 rings (SSSR count). The molecule has 3 aromatic rings. The Labute approximate surface area is 222 Å². The Hall–Kier alpha value is -4.05. The van der Waals surface area contributed by atoms with Crippen molar-refractivity contribution in [1.29, 1.82) is 0 Å². The standard InChI is InChI=1S/C28H29N3O6S/c32-27(29-18-21-8-10-22(11-9-21)19-30-14-4-7-28(30)33)20-31(38(34,35)24-5-2-1-3-6-24)23-12-13-25-26(17-23)37-16-15-36-25/h1-3,5-6,8-13,17H,4,7,14-16,18-20H2,(H,29,32). The molecule has 38 heavy (non-hydrogen) atoms. The van der Waals surface area contributed by atoms with Crippen molar-refractivity contribution in [3.8, 4) is 11.5 Å². The van der Waals surface area contributed by atoms with Gasteiger partial charge in [-0.1, -0.05) is 42.5 Å². The van der Waals surface area contributed by atoms with Crippen LogP contribution in [0.15, 0.2) is 77.7 Å². The fourth-order valence-corrected chi connectivity index (χ4v) is 5.90. The third-order valence-corrected chi connectivity index (χ3v) is 8.28. The number of anilines is 1. The van der Waals surface area contributed by atoms with Gasteiger partial charge in [-0.05, 0) is 41.8 Å². The molecule has 2 heterocycles. The Balaban J connectivity index is 1.29. The van der Waals surface area contributed by atoms with Crippen LogP contribution in [0, 0.1) is 0 Å². The Morgan fingerprint density at radius 1 is 0.921 bits per heavy atom. The second-order valence-corrected chi connectivity index (χ2v) is 11.0. The molecule has 0 saturated carbocycles. The molecule has 3 aromatic carbocycles. The molecule has 2 amide bonds. The molecule has 1 fully saturated rings. The van der Waals surface area contributed by atoms with Crippen LogP contribution in [-0.2, 0) is 32.7 Å². The van der Waals surface area contributed by atoms with E-state index in [4.69, 9.17) is 9.47 Å². The van der Waals surface area contributed by atoms with Gasteiger partial charge in [-0.2, -0.15) is 0 Å². The van der Waals surface area contributed by atoms with Crippen LogP contribution in [0.1, 0.15) is 24.0 Å². The second-order valence-electron chi connectivity index (χ2n) is 9.16. The largest absolute Gasteiger partial charge is 0.486 e. The monoisotopic (exact) mass is 535 g/mol. The minimum absolute atomic E-state index is 0.0785. The summed E-state index contributed by atoms with van der Waals surface area (Å²) in [6.45, 7) is 1.96. The highest BCUT2D eigenvalue weighted by Gasteiger charge is 2.28. The number of ether oxygens (including phenoxy) is 2. The minimum Gasteiger partial charge on any atom is -0.486 e. The molecule has 10 heteroatoms. The highest BCUT2D eigenvalue weighted by atomic mass is 32.2. The second kappa shape index (κ2) is 11.1. The van der Waals surface area contributed by atoms with Gasteiger partial charge in [0.2, 0.25) is 11.8 Å². The summed E-state index contributed by atoms with van der Waals surface area (Å²) in [4.78, 5) is 26.8. The summed E-state index contributed by atoms with van der Waals surface area (Å²) in [6.07, 6.45) is 1.50. The predicted octanol–water partition coefficient (Wildman–Crippen LogP) is 3.09. The molecule has 0 radical (unpaired) electrons. The summed E-state index contributed by atoms with van der Waals surface area (Å²) >= 11 is 0. The first-order valence-electron chi connectivity index (χ1n) is 12.5.